The molecule has 0 aliphatic heterocycles. The van der Waals surface area contributed by atoms with Gasteiger partial charge in [0.1, 0.15) is 10.5 Å². The van der Waals surface area contributed by atoms with Gasteiger partial charge in [0.15, 0.2) is 0 Å². The van der Waals surface area contributed by atoms with Crippen LogP contribution in [-0.4, -0.2) is 46.5 Å². The lowest BCUT2D eigenvalue weighted by molar-refractivity contribution is 0.0601. The number of hydrogen-bond acceptors (Lipinski definition) is 4. The molecular weight excluding hydrogens is 314 g/mol. The monoisotopic (exact) mass is 331 g/mol. The number of halogens is 1. The van der Waals surface area contributed by atoms with Gasteiger partial charge in [-0.25, -0.2) is 13.4 Å². The average Bonchev–Trinajstić information content (AvgIpc) is 2.80. The maximum Gasteiger partial charge on any atom is 0.245 e. The summed E-state index contributed by atoms with van der Waals surface area (Å²) in [4.78, 5) is 6.95. The molecule has 0 saturated carbocycles. The number of aliphatic hydroxyl groups is 1. The SMILES string of the molecule is CCN(CC(C)(C)O)S(=O)(=O)c1c[nH]c2nccc(Cl)c12. The van der Waals surface area contributed by atoms with Gasteiger partial charge in [0.2, 0.25) is 10.0 Å². The van der Waals surface area contributed by atoms with Gasteiger partial charge >= 0.3 is 0 Å². The zero-order valence-corrected chi connectivity index (χ0v) is 13.7. The fourth-order valence-corrected chi connectivity index (χ4v) is 4.21. The summed E-state index contributed by atoms with van der Waals surface area (Å²) < 4.78 is 26.8. The van der Waals surface area contributed by atoms with Gasteiger partial charge in [0.25, 0.3) is 0 Å². The van der Waals surface area contributed by atoms with Gasteiger partial charge in [-0.1, -0.05) is 18.5 Å². The normalized spacial score (nSPS) is 13.2. The molecule has 0 bridgehead atoms. The molecule has 2 N–H and O–H groups in total. The summed E-state index contributed by atoms with van der Waals surface area (Å²) >= 11 is 6.10. The first-order valence-corrected chi connectivity index (χ1v) is 8.32. The summed E-state index contributed by atoms with van der Waals surface area (Å²) in [5.41, 5.74) is -0.711. The topological polar surface area (TPSA) is 86.3 Å². The van der Waals surface area contributed by atoms with Gasteiger partial charge in [0, 0.05) is 25.5 Å². The van der Waals surface area contributed by atoms with Crippen LogP contribution in [0.3, 0.4) is 0 Å². The Morgan fingerprint density at radius 2 is 2.14 bits per heavy atom. The molecule has 0 aliphatic rings. The van der Waals surface area contributed by atoms with E-state index in [1.165, 1.54) is 16.7 Å². The highest BCUT2D eigenvalue weighted by molar-refractivity contribution is 7.89. The molecule has 0 saturated heterocycles. The molecule has 0 spiro atoms. The lowest BCUT2D eigenvalue weighted by Crippen LogP contribution is -2.42. The van der Waals surface area contributed by atoms with Crippen molar-refractivity contribution in [1.82, 2.24) is 14.3 Å². The minimum atomic E-state index is -3.77. The summed E-state index contributed by atoms with van der Waals surface area (Å²) in [6.45, 7) is 5.09. The minimum Gasteiger partial charge on any atom is -0.389 e. The van der Waals surface area contributed by atoms with E-state index in [4.69, 9.17) is 11.6 Å². The quantitative estimate of drug-likeness (QED) is 0.877. The minimum absolute atomic E-state index is 0.00358. The number of aromatic nitrogens is 2. The van der Waals surface area contributed by atoms with Crippen molar-refractivity contribution in [2.45, 2.75) is 31.3 Å². The number of aromatic amines is 1. The molecule has 0 unspecified atom stereocenters. The van der Waals surface area contributed by atoms with Crippen LogP contribution in [0.25, 0.3) is 11.0 Å². The van der Waals surface area contributed by atoms with E-state index < -0.39 is 15.6 Å². The molecule has 6 nitrogen and oxygen atoms in total. The molecule has 8 heteroatoms. The first kappa shape index (κ1) is 16.2. The van der Waals surface area contributed by atoms with Crippen molar-refractivity contribution in [3.8, 4) is 0 Å². The van der Waals surface area contributed by atoms with Crippen molar-refractivity contribution in [2.24, 2.45) is 0 Å². The van der Waals surface area contributed by atoms with Crippen LogP contribution in [0.5, 0.6) is 0 Å². The van der Waals surface area contributed by atoms with E-state index in [0.717, 1.165) is 0 Å². The molecule has 0 amide bonds. The molecule has 2 heterocycles. The summed E-state index contributed by atoms with van der Waals surface area (Å²) in [6, 6.07) is 1.54. The lowest BCUT2D eigenvalue weighted by Gasteiger charge is -2.27. The number of sulfonamides is 1. The average molecular weight is 332 g/mol. The molecule has 116 valence electrons. The highest BCUT2D eigenvalue weighted by atomic mass is 35.5. The predicted molar refractivity (Wildman–Crippen MR) is 81.8 cm³/mol. The van der Waals surface area contributed by atoms with E-state index >= 15 is 0 Å². The van der Waals surface area contributed by atoms with Crippen LogP contribution in [0.15, 0.2) is 23.4 Å². The maximum atomic E-state index is 12.8. The second kappa shape index (κ2) is 5.57. The van der Waals surface area contributed by atoms with Gasteiger partial charge in [0.05, 0.1) is 16.0 Å². The van der Waals surface area contributed by atoms with Crippen molar-refractivity contribution in [2.75, 3.05) is 13.1 Å². The van der Waals surface area contributed by atoms with Crippen LogP contribution in [0.4, 0.5) is 0 Å². The zero-order valence-electron chi connectivity index (χ0n) is 12.1. The number of pyridine rings is 1. The van der Waals surface area contributed by atoms with Gasteiger partial charge < -0.3 is 10.1 Å². The third-order valence-electron chi connectivity index (χ3n) is 3.02. The first-order chi connectivity index (χ1) is 9.66. The third-order valence-corrected chi connectivity index (χ3v) is 5.28. The van der Waals surface area contributed by atoms with Crippen LogP contribution in [0.2, 0.25) is 5.02 Å². The largest absolute Gasteiger partial charge is 0.389 e. The van der Waals surface area contributed by atoms with E-state index in [1.54, 1.807) is 26.8 Å². The van der Waals surface area contributed by atoms with Gasteiger partial charge in [-0.3, -0.25) is 0 Å². The molecular formula is C13H18ClN3O3S. The molecule has 2 aromatic heterocycles. The Morgan fingerprint density at radius 1 is 1.48 bits per heavy atom. The number of nitrogens with zero attached hydrogens (tertiary/aromatic N) is 2. The molecule has 21 heavy (non-hydrogen) atoms. The number of nitrogens with one attached hydrogen (secondary N) is 1. The van der Waals surface area contributed by atoms with Crippen molar-refractivity contribution in [3.05, 3.63) is 23.5 Å². The highest BCUT2D eigenvalue weighted by Gasteiger charge is 2.31. The number of rotatable bonds is 5. The van der Waals surface area contributed by atoms with Crippen LogP contribution < -0.4 is 0 Å². The van der Waals surface area contributed by atoms with Gasteiger partial charge in [-0.15, -0.1) is 0 Å². The Balaban J connectivity index is 2.56. The van der Waals surface area contributed by atoms with Crippen molar-refractivity contribution < 1.29 is 13.5 Å². The van der Waals surface area contributed by atoms with Crippen LogP contribution in [0, 0.1) is 0 Å². The second-order valence-corrected chi connectivity index (χ2v) is 7.73. The van der Waals surface area contributed by atoms with Crippen molar-refractivity contribution in [1.29, 1.82) is 0 Å². The standard InChI is InChI=1S/C13H18ClN3O3S/c1-4-17(8-13(2,3)18)21(19,20)10-7-16-12-11(10)9(14)5-6-15-12/h5-7,18H,4,8H2,1-3H3,(H,15,16). The summed E-state index contributed by atoms with van der Waals surface area (Å²) in [6.07, 6.45) is 2.89. The summed E-state index contributed by atoms with van der Waals surface area (Å²) in [5, 5.41) is 10.6. The second-order valence-electron chi connectivity index (χ2n) is 5.41. The predicted octanol–water partition coefficient (Wildman–Crippen LogP) is 2.00. The van der Waals surface area contributed by atoms with Gasteiger partial charge in [-0.2, -0.15) is 4.31 Å². The Labute approximate surface area is 128 Å². The number of hydrogen-bond donors (Lipinski definition) is 2. The van der Waals surface area contributed by atoms with E-state index in [0.29, 0.717) is 16.1 Å². The van der Waals surface area contributed by atoms with Crippen LogP contribution in [-0.2, 0) is 10.0 Å². The van der Waals surface area contributed by atoms with Crippen molar-refractivity contribution in [3.63, 3.8) is 0 Å². The molecule has 2 aromatic rings. The summed E-state index contributed by atoms with van der Waals surface area (Å²) in [7, 11) is -3.77. The highest BCUT2D eigenvalue weighted by Crippen LogP contribution is 2.30. The van der Waals surface area contributed by atoms with E-state index in [1.807, 2.05) is 0 Å². The lowest BCUT2D eigenvalue weighted by atomic mass is 10.1. The van der Waals surface area contributed by atoms with E-state index in [2.05, 4.69) is 9.97 Å². The first-order valence-electron chi connectivity index (χ1n) is 6.51. The third kappa shape index (κ3) is 3.21. The Hall–Kier alpha value is -1.15. The fraction of sp³-hybridized carbons (Fsp3) is 0.462. The number of likely N-dealkylation sites (N-methyl/N-ethyl adjacent to an activating group) is 1. The van der Waals surface area contributed by atoms with Crippen molar-refractivity contribution >= 4 is 32.7 Å². The molecule has 0 radical (unpaired) electrons. The molecule has 0 fully saturated rings. The molecule has 0 atom stereocenters. The molecule has 0 aliphatic carbocycles. The number of fused-ring (bicyclic) bond motifs is 1. The Morgan fingerprint density at radius 3 is 2.71 bits per heavy atom. The smallest absolute Gasteiger partial charge is 0.245 e. The van der Waals surface area contributed by atoms with E-state index in [9.17, 15) is 13.5 Å². The Kier molecular flexibility index (Phi) is 4.30. The summed E-state index contributed by atoms with van der Waals surface area (Å²) in [5.74, 6) is 0. The van der Waals surface area contributed by atoms with E-state index in [-0.39, 0.29) is 18.0 Å². The number of H-pyrrole nitrogens is 1. The molecule has 0 aromatic carbocycles. The van der Waals surface area contributed by atoms with Crippen LogP contribution >= 0.6 is 11.6 Å². The Bertz CT molecular complexity index is 750. The maximum absolute atomic E-state index is 12.8. The fourth-order valence-electron chi connectivity index (χ4n) is 2.13. The molecule has 2 rings (SSSR count). The van der Waals surface area contributed by atoms with Crippen LogP contribution in [0.1, 0.15) is 20.8 Å². The van der Waals surface area contributed by atoms with Gasteiger partial charge in [-0.05, 0) is 19.9 Å². The zero-order chi connectivity index (χ0) is 15.8.